The van der Waals surface area contributed by atoms with Crippen molar-refractivity contribution in [3.63, 3.8) is 0 Å². The summed E-state index contributed by atoms with van der Waals surface area (Å²) < 4.78 is 55.4. The summed E-state index contributed by atoms with van der Waals surface area (Å²) in [6.07, 6.45) is 1.16. The molecule has 26 heavy (non-hydrogen) atoms. The van der Waals surface area contributed by atoms with Gasteiger partial charge in [-0.15, -0.1) is 11.3 Å². The van der Waals surface area contributed by atoms with Crippen LogP contribution in [-0.4, -0.2) is 30.8 Å². The van der Waals surface area contributed by atoms with E-state index in [0.29, 0.717) is 12.8 Å². The van der Waals surface area contributed by atoms with Gasteiger partial charge in [-0.2, -0.15) is 4.31 Å². The maximum absolute atomic E-state index is 13.9. The number of aromatic nitrogens is 1. The summed E-state index contributed by atoms with van der Waals surface area (Å²) in [5, 5.41) is 0.986. The van der Waals surface area contributed by atoms with Crippen molar-refractivity contribution in [2.45, 2.75) is 23.7 Å². The first kappa shape index (κ1) is 17.5. The van der Waals surface area contributed by atoms with E-state index in [0.717, 1.165) is 37.7 Å². The van der Waals surface area contributed by atoms with E-state index in [1.807, 2.05) is 24.3 Å². The molecule has 0 bridgehead atoms. The molecule has 0 unspecified atom stereocenters. The Kier molecular flexibility index (Phi) is 4.50. The third kappa shape index (κ3) is 3.02. The third-order valence-corrected chi connectivity index (χ3v) is 7.78. The van der Waals surface area contributed by atoms with Gasteiger partial charge in [-0.25, -0.2) is 22.2 Å². The highest BCUT2D eigenvalue weighted by atomic mass is 32.2. The van der Waals surface area contributed by atoms with Crippen LogP contribution < -0.4 is 0 Å². The quantitative estimate of drug-likeness (QED) is 0.671. The minimum Gasteiger partial charge on any atom is -0.241 e. The Balaban J connectivity index is 1.54. The molecule has 4 nitrogen and oxygen atoms in total. The van der Waals surface area contributed by atoms with Gasteiger partial charge in [0.05, 0.1) is 15.2 Å². The molecule has 0 atom stereocenters. The van der Waals surface area contributed by atoms with Crippen LogP contribution in [0.3, 0.4) is 0 Å². The van der Waals surface area contributed by atoms with E-state index in [1.54, 1.807) is 11.3 Å². The molecule has 4 rings (SSSR count). The molecule has 0 aliphatic carbocycles. The molecule has 2 aromatic carbocycles. The predicted molar refractivity (Wildman–Crippen MR) is 96.7 cm³/mol. The highest BCUT2D eigenvalue weighted by Crippen LogP contribution is 2.35. The molecule has 0 amide bonds. The van der Waals surface area contributed by atoms with E-state index in [4.69, 9.17) is 0 Å². The van der Waals surface area contributed by atoms with Crippen molar-refractivity contribution in [3.8, 4) is 0 Å². The first-order valence-electron chi connectivity index (χ1n) is 8.26. The molecule has 1 fully saturated rings. The summed E-state index contributed by atoms with van der Waals surface area (Å²) in [6, 6.07) is 10.9. The number of hydrogen-bond acceptors (Lipinski definition) is 4. The Morgan fingerprint density at radius 3 is 2.31 bits per heavy atom. The molecule has 0 radical (unpaired) electrons. The number of para-hydroxylation sites is 1. The lowest BCUT2D eigenvalue weighted by Crippen LogP contribution is -2.38. The van der Waals surface area contributed by atoms with Crippen LogP contribution in [0.5, 0.6) is 0 Å². The highest BCUT2D eigenvalue weighted by molar-refractivity contribution is 7.89. The van der Waals surface area contributed by atoms with Crippen molar-refractivity contribution in [2.24, 2.45) is 0 Å². The Hall–Kier alpha value is -1.90. The van der Waals surface area contributed by atoms with Crippen LogP contribution in [-0.2, 0) is 10.0 Å². The van der Waals surface area contributed by atoms with Crippen molar-refractivity contribution in [1.29, 1.82) is 0 Å². The maximum Gasteiger partial charge on any atom is 0.248 e. The van der Waals surface area contributed by atoms with Crippen molar-refractivity contribution in [1.82, 2.24) is 9.29 Å². The van der Waals surface area contributed by atoms with E-state index in [2.05, 4.69) is 4.98 Å². The fourth-order valence-electron chi connectivity index (χ4n) is 3.27. The molecular weight excluding hydrogens is 378 g/mol. The van der Waals surface area contributed by atoms with Crippen LogP contribution in [0.4, 0.5) is 8.78 Å². The minimum atomic E-state index is -4.19. The van der Waals surface area contributed by atoms with Gasteiger partial charge in [-0.3, -0.25) is 0 Å². The standard InChI is InChI=1S/C18H16F2N2O2S2/c19-13-4-3-5-14(20)17(13)26(23,24)22-10-8-12(9-11-22)18-21-15-6-1-2-7-16(15)25-18/h1-7,12H,8-11H2. The van der Waals surface area contributed by atoms with Gasteiger partial charge in [0.2, 0.25) is 10.0 Å². The van der Waals surface area contributed by atoms with Gasteiger partial charge >= 0.3 is 0 Å². The first-order valence-corrected chi connectivity index (χ1v) is 10.5. The Labute approximate surface area is 154 Å². The second-order valence-electron chi connectivity index (χ2n) is 6.25. The lowest BCUT2D eigenvalue weighted by atomic mass is 9.99. The van der Waals surface area contributed by atoms with Crippen LogP contribution in [0.2, 0.25) is 0 Å². The van der Waals surface area contributed by atoms with E-state index in [9.17, 15) is 17.2 Å². The normalized spacial score (nSPS) is 17.0. The largest absolute Gasteiger partial charge is 0.248 e. The average Bonchev–Trinajstić information content (AvgIpc) is 3.05. The van der Waals surface area contributed by atoms with Gasteiger partial charge in [-0.05, 0) is 37.1 Å². The van der Waals surface area contributed by atoms with Gasteiger partial charge in [0.1, 0.15) is 11.6 Å². The maximum atomic E-state index is 13.9. The van der Waals surface area contributed by atoms with E-state index >= 15 is 0 Å². The molecule has 0 N–H and O–H groups in total. The monoisotopic (exact) mass is 394 g/mol. The molecule has 2 heterocycles. The molecule has 1 aromatic heterocycles. The van der Waals surface area contributed by atoms with Crippen LogP contribution in [0.25, 0.3) is 10.2 Å². The van der Waals surface area contributed by atoms with Crippen LogP contribution in [0.15, 0.2) is 47.4 Å². The number of rotatable bonds is 3. The van der Waals surface area contributed by atoms with Crippen molar-refractivity contribution < 1.29 is 17.2 Å². The van der Waals surface area contributed by atoms with Gasteiger partial charge in [0.25, 0.3) is 0 Å². The number of hydrogen-bond donors (Lipinski definition) is 0. The van der Waals surface area contributed by atoms with E-state index < -0.39 is 26.6 Å². The van der Waals surface area contributed by atoms with Crippen LogP contribution >= 0.6 is 11.3 Å². The number of halogens is 2. The van der Waals surface area contributed by atoms with Crippen molar-refractivity contribution in [3.05, 3.63) is 59.1 Å². The summed E-state index contributed by atoms with van der Waals surface area (Å²) >= 11 is 1.61. The van der Waals surface area contributed by atoms with Gasteiger partial charge in [-0.1, -0.05) is 18.2 Å². The fourth-order valence-corrected chi connectivity index (χ4v) is 5.98. The Morgan fingerprint density at radius 2 is 1.65 bits per heavy atom. The second kappa shape index (κ2) is 6.68. The number of piperidine rings is 1. The molecule has 8 heteroatoms. The SMILES string of the molecule is O=S(=O)(c1c(F)cccc1F)N1CCC(c2nc3ccccc3s2)CC1. The minimum absolute atomic E-state index is 0.157. The van der Waals surface area contributed by atoms with Crippen LogP contribution in [0, 0.1) is 11.6 Å². The fraction of sp³-hybridized carbons (Fsp3) is 0.278. The van der Waals surface area contributed by atoms with Crippen molar-refractivity contribution >= 4 is 31.6 Å². The predicted octanol–water partition coefficient (Wildman–Crippen LogP) is 4.14. The first-order chi connectivity index (χ1) is 12.5. The van der Waals surface area contributed by atoms with E-state index in [1.165, 1.54) is 0 Å². The van der Waals surface area contributed by atoms with Gasteiger partial charge in [0, 0.05) is 19.0 Å². The third-order valence-electron chi connectivity index (χ3n) is 4.63. The smallest absolute Gasteiger partial charge is 0.241 e. The zero-order valence-corrected chi connectivity index (χ0v) is 15.4. The van der Waals surface area contributed by atoms with Gasteiger partial charge in [0.15, 0.2) is 4.90 Å². The van der Waals surface area contributed by atoms with Crippen molar-refractivity contribution in [2.75, 3.05) is 13.1 Å². The Morgan fingerprint density at radius 1 is 1.00 bits per heavy atom. The molecule has 0 spiro atoms. The second-order valence-corrected chi connectivity index (χ2v) is 9.19. The molecule has 1 saturated heterocycles. The summed E-state index contributed by atoms with van der Waals surface area (Å²) in [6.45, 7) is 0.438. The van der Waals surface area contributed by atoms with Gasteiger partial charge < -0.3 is 0 Å². The number of fused-ring (bicyclic) bond motifs is 1. The molecular formula is C18H16F2N2O2S2. The lowest BCUT2D eigenvalue weighted by molar-refractivity contribution is 0.316. The lowest BCUT2D eigenvalue weighted by Gasteiger charge is -2.30. The number of nitrogens with zero attached hydrogens (tertiary/aromatic N) is 2. The Bertz CT molecular complexity index is 1000. The average molecular weight is 394 g/mol. The molecule has 0 saturated carbocycles. The summed E-state index contributed by atoms with van der Waals surface area (Å²) in [5.41, 5.74) is 0.941. The zero-order valence-electron chi connectivity index (χ0n) is 13.7. The summed E-state index contributed by atoms with van der Waals surface area (Å²) in [4.78, 5) is 3.78. The topological polar surface area (TPSA) is 50.3 Å². The molecule has 1 aliphatic rings. The van der Waals surface area contributed by atoms with E-state index in [-0.39, 0.29) is 19.0 Å². The highest BCUT2D eigenvalue weighted by Gasteiger charge is 2.34. The number of sulfonamides is 1. The summed E-state index contributed by atoms with van der Waals surface area (Å²) in [5.74, 6) is -1.96. The number of benzene rings is 2. The molecule has 1 aliphatic heterocycles. The molecule has 3 aromatic rings. The zero-order chi connectivity index (χ0) is 18.3. The van der Waals surface area contributed by atoms with Crippen LogP contribution in [0.1, 0.15) is 23.8 Å². The molecule has 136 valence electrons. The number of thiazole rings is 1. The summed E-state index contributed by atoms with van der Waals surface area (Å²) in [7, 11) is -4.19.